The molecule has 0 radical (unpaired) electrons. The van der Waals surface area contributed by atoms with Crippen LogP contribution < -0.4 is 5.32 Å². The summed E-state index contributed by atoms with van der Waals surface area (Å²) in [5.41, 5.74) is 0.525. The number of nitrogens with zero attached hydrogens (tertiary/aromatic N) is 1. The summed E-state index contributed by atoms with van der Waals surface area (Å²) in [5, 5.41) is 13.6. The molecule has 8 heteroatoms. The molecule has 0 saturated heterocycles. The molecule has 6 nitrogen and oxygen atoms in total. The lowest BCUT2D eigenvalue weighted by Gasteiger charge is -2.14. The average Bonchev–Trinajstić information content (AvgIpc) is 3.07. The molecule has 0 spiro atoms. The van der Waals surface area contributed by atoms with Gasteiger partial charge >= 0.3 is 5.97 Å². The van der Waals surface area contributed by atoms with Crippen molar-refractivity contribution in [2.75, 3.05) is 11.1 Å². The van der Waals surface area contributed by atoms with Gasteiger partial charge in [0.05, 0.1) is 26.8 Å². The molecule has 0 aliphatic rings. The van der Waals surface area contributed by atoms with E-state index in [0.29, 0.717) is 21.2 Å². The van der Waals surface area contributed by atoms with E-state index >= 15 is 0 Å². The van der Waals surface area contributed by atoms with Crippen molar-refractivity contribution < 1.29 is 18.5 Å². The smallest absolute Gasteiger partial charge is 0.340 e. The lowest BCUT2D eigenvalue weighted by atomic mass is 10.2. The van der Waals surface area contributed by atoms with Gasteiger partial charge in [-0.05, 0) is 30.5 Å². The Balaban J connectivity index is 2.09. The van der Waals surface area contributed by atoms with E-state index in [-0.39, 0.29) is 5.56 Å². The minimum Gasteiger partial charge on any atom is -0.449 e. The Morgan fingerprint density at radius 3 is 2.76 bits per heavy atom. The maximum Gasteiger partial charge on any atom is 0.340 e. The number of ether oxygens (including phenoxy) is 1. The first-order valence-electron chi connectivity index (χ1n) is 7.44. The Morgan fingerprint density at radius 2 is 2.08 bits per heavy atom. The third-order valence-electron chi connectivity index (χ3n) is 3.29. The third kappa shape index (κ3) is 4.53. The van der Waals surface area contributed by atoms with Crippen molar-refractivity contribution in [2.24, 2.45) is 0 Å². The third-order valence-corrected chi connectivity index (χ3v) is 5.49. The highest BCUT2D eigenvalue weighted by Gasteiger charge is 2.23. The molecule has 0 unspecified atom stereocenters. The summed E-state index contributed by atoms with van der Waals surface area (Å²) in [7, 11) is -1.31. The molecule has 1 aromatic carbocycles. The van der Waals surface area contributed by atoms with Gasteiger partial charge in [0.1, 0.15) is 11.1 Å². The Morgan fingerprint density at radius 1 is 1.36 bits per heavy atom. The summed E-state index contributed by atoms with van der Waals surface area (Å²) >= 11 is 1.21. The number of hydrogen-bond donors (Lipinski definition) is 1. The molecule has 25 heavy (non-hydrogen) atoms. The van der Waals surface area contributed by atoms with Crippen molar-refractivity contribution >= 4 is 39.0 Å². The molecule has 1 N–H and O–H groups in total. The van der Waals surface area contributed by atoms with Crippen molar-refractivity contribution in [1.29, 1.82) is 5.26 Å². The van der Waals surface area contributed by atoms with Gasteiger partial charge in [-0.1, -0.05) is 19.1 Å². The molecule has 1 heterocycles. The van der Waals surface area contributed by atoms with E-state index in [1.54, 1.807) is 36.6 Å². The van der Waals surface area contributed by atoms with Crippen LogP contribution in [-0.4, -0.2) is 27.9 Å². The lowest BCUT2D eigenvalue weighted by molar-refractivity contribution is -0.123. The standard InChI is InChI=1S/C17H16N2O4S2/c1-3-25(22)14-7-5-4-6-13(14)17(21)23-11(2)15(20)19-16-12(10-18)8-9-24-16/h4-9,11H,3H2,1-2H3,(H,19,20)/t11-,25-/m1/s1. The van der Waals surface area contributed by atoms with E-state index in [1.807, 2.05) is 6.07 Å². The predicted octanol–water partition coefficient (Wildman–Crippen LogP) is 2.93. The SMILES string of the molecule is CC[S@@](=O)c1ccccc1C(=O)O[C@H](C)C(=O)Nc1sccc1C#N. The number of benzene rings is 1. The number of carbonyl (C=O) groups excluding carboxylic acids is 2. The van der Waals surface area contributed by atoms with Gasteiger partial charge in [0.25, 0.3) is 5.91 Å². The van der Waals surface area contributed by atoms with Crippen LogP contribution in [0.5, 0.6) is 0 Å². The quantitative estimate of drug-likeness (QED) is 0.782. The normalized spacial score (nSPS) is 12.7. The molecule has 0 saturated carbocycles. The molecule has 1 amide bonds. The fourth-order valence-corrected chi connectivity index (χ4v) is 3.65. The van der Waals surface area contributed by atoms with Gasteiger partial charge in [0.15, 0.2) is 6.10 Å². The summed E-state index contributed by atoms with van der Waals surface area (Å²) in [6, 6.07) is 10.0. The fraction of sp³-hybridized carbons (Fsp3) is 0.235. The number of thiophene rings is 1. The van der Waals surface area contributed by atoms with Crippen molar-refractivity contribution in [3.05, 3.63) is 46.8 Å². The summed E-state index contributed by atoms with van der Waals surface area (Å²) in [6.45, 7) is 3.19. The molecule has 130 valence electrons. The Hall–Kier alpha value is -2.50. The molecule has 2 atom stereocenters. The number of nitrogens with one attached hydrogen (secondary N) is 1. The molecule has 1 aromatic heterocycles. The minimum atomic E-state index is -1.31. The number of hydrogen-bond acceptors (Lipinski definition) is 6. The van der Waals surface area contributed by atoms with Gasteiger partial charge in [-0.2, -0.15) is 5.26 Å². The highest BCUT2D eigenvalue weighted by Crippen LogP contribution is 2.22. The Labute approximate surface area is 151 Å². The van der Waals surface area contributed by atoms with Gasteiger partial charge in [-0.25, -0.2) is 4.79 Å². The molecule has 0 aliphatic heterocycles. The highest BCUT2D eigenvalue weighted by atomic mass is 32.2. The van der Waals surface area contributed by atoms with Crippen molar-refractivity contribution in [2.45, 2.75) is 24.8 Å². The summed E-state index contributed by atoms with van der Waals surface area (Å²) in [4.78, 5) is 24.9. The zero-order valence-corrected chi connectivity index (χ0v) is 15.3. The van der Waals surface area contributed by atoms with E-state index < -0.39 is 28.8 Å². The van der Waals surface area contributed by atoms with Crippen LogP contribution in [0.4, 0.5) is 5.00 Å². The van der Waals surface area contributed by atoms with Crippen LogP contribution in [0.25, 0.3) is 0 Å². The Bertz CT molecular complexity index is 854. The molecule has 0 aliphatic carbocycles. The predicted molar refractivity (Wildman–Crippen MR) is 95.9 cm³/mol. The summed E-state index contributed by atoms with van der Waals surface area (Å²) in [6.07, 6.45) is -1.07. The van der Waals surface area contributed by atoms with Crippen molar-refractivity contribution in [3.8, 4) is 6.07 Å². The number of esters is 1. The molecular formula is C17H16N2O4S2. The van der Waals surface area contributed by atoms with Crippen LogP contribution in [0.3, 0.4) is 0 Å². The second kappa shape index (κ2) is 8.55. The van der Waals surface area contributed by atoms with Crippen LogP contribution in [0.1, 0.15) is 29.8 Å². The summed E-state index contributed by atoms with van der Waals surface area (Å²) < 4.78 is 17.2. The second-order valence-electron chi connectivity index (χ2n) is 4.94. The number of anilines is 1. The topological polar surface area (TPSA) is 96.3 Å². The zero-order valence-electron chi connectivity index (χ0n) is 13.6. The first-order chi connectivity index (χ1) is 12.0. The van der Waals surface area contributed by atoms with Gasteiger partial charge in [0, 0.05) is 5.75 Å². The van der Waals surface area contributed by atoms with Crippen LogP contribution in [0.2, 0.25) is 0 Å². The van der Waals surface area contributed by atoms with Gasteiger partial charge < -0.3 is 10.1 Å². The number of amides is 1. The maximum atomic E-state index is 12.3. The average molecular weight is 376 g/mol. The van der Waals surface area contributed by atoms with Crippen molar-refractivity contribution in [1.82, 2.24) is 0 Å². The van der Waals surface area contributed by atoms with Gasteiger partial charge in [-0.3, -0.25) is 9.00 Å². The highest BCUT2D eigenvalue weighted by molar-refractivity contribution is 7.85. The van der Waals surface area contributed by atoms with Crippen molar-refractivity contribution in [3.63, 3.8) is 0 Å². The lowest BCUT2D eigenvalue weighted by Crippen LogP contribution is -2.30. The molecule has 0 fully saturated rings. The monoisotopic (exact) mass is 376 g/mol. The minimum absolute atomic E-state index is 0.177. The summed E-state index contributed by atoms with van der Waals surface area (Å²) in [5.74, 6) is -0.886. The van der Waals surface area contributed by atoms with Gasteiger partial charge in [-0.15, -0.1) is 11.3 Å². The first kappa shape index (κ1) is 18.8. The molecular weight excluding hydrogens is 360 g/mol. The first-order valence-corrected chi connectivity index (χ1v) is 9.64. The number of rotatable bonds is 6. The zero-order chi connectivity index (χ0) is 18.4. The van der Waals surface area contributed by atoms with Crippen LogP contribution in [0, 0.1) is 11.3 Å². The van der Waals surface area contributed by atoms with E-state index in [2.05, 4.69) is 5.32 Å². The molecule has 0 bridgehead atoms. The van der Waals surface area contributed by atoms with E-state index in [1.165, 1.54) is 24.3 Å². The van der Waals surface area contributed by atoms with Crippen LogP contribution >= 0.6 is 11.3 Å². The molecule has 2 aromatic rings. The fourth-order valence-electron chi connectivity index (χ4n) is 1.97. The Kier molecular flexibility index (Phi) is 6.44. The molecule has 2 rings (SSSR count). The van der Waals surface area contributed by atoms with Crippen LogP contribution in [0.15, 0.2) is 40.6 Å². The van der Waals surface area contributed by atoms with E-state index in [4.69, 9.17) is 10.00 Å². The number of nitriles is 1. The largest absolute Gasteiger partial charge is 0.449 e. The van der Waals surface area contributed by atoms with E-state index in [0.717, 1.165) is 0 Å². The van der Waals surface area contributed by atoms with Gasteiger partial charge in [0.2, 0.25) is 0 Å². The van der Waals surface area contributed by atoms with Crippen LogP contribution in [-0.2, 0) is 20.3 Å². The maximum absolute atomic E-state index is 12.3. The van der Waals surface area contributed by atoms with E-state index in [9.17, 15) is 13.8 Å². The number of carbonyl (C=O) groups is 2. The second-order valence-corrected chi connectivity index (χ2v) is 7.57.